The van der Waals surface area contributed by atoms with Crippen LogP contribution in [0.4, 0.5) is 0 Å². The highest BCUT2D eigenvalue weighted by atomic mass is 16.2. The number of carbonyl (C=O) groups excluding carboxylic acids is 1. The molecule has 5 atom stereocenters. The molecule has 1 heterocycles. The fraction of sp³-hybridized carbons (Fsp3) is 0.650. The van der Waals surface area contributed by atoms with Gasteiger partial charge in [-0.2, -0.15) is 0 Å². The second-order valence-corrected chi connectivity index (χ2v) is 7.67. The summed E-state index contributed by atoms with van der Waals surface area (Å²) in [6.07, 6.45) is 9.79. The van der Waals surface area contributed by atoms with Gasteiger partial charge in [-0.3, -0.25) is 4.79 Å². The summed E-state index contributed by atoms with van der Waals surface area (Å²) in [5.74, 6) is 1.46. The molecule has 5 unspecified atom stereocenters. The molecule has 1 aromatic carbocycles. The van der Waals surface area contributed by atoms with Crippen molar-refractivity contribution in [1.29, 1.82) is 0 Å². The van der Waals surface area contributed by atoms with Gasteiger partial charge in [0.25, 0.3) is 0 Å². The zero-order valence-corrected chi connectivity index (χ0v) is 13.8. The van der Waals surface area contributed by atoms with Crippen molar-refractivity contribution in [1.82, 2.24) is 10.6 Å². The Kier molecular flexibility index (Phi) is 4.39. The lowest BCUT2D eigenvalue weighted by Gasteiger charge is -2.24. The maximum Gasteiger partial charge on any atom is 0.237 e. The number of benzene rings is 1. The summed E-state index contributed by atoms with van der Waals surface area (Å²) >= 11 is 0. The van der Waals surface area contributed by atoms with Crippen LogP contribution < -0.4 is 10.6 Å². The van der Waals surface area contributed by atoms with Crippen LogP contribution >= 0.6 is 0 Å². The third-order valence-corrected chi connectivity index (χ3v) is 6.25. The normalized spacial score (nSPS) is 36.6. The number of hydrogen-bond donors (Lipinski definition) is 2. The number of fused-ring (bicyclic) bond motifs is 1. The molecule has 0 radical (unpaired) electrons. The Bertz CT molecular complexity index is 530. The van der Waals surface area contributed by atoms with Crippen molar-refractivity contribution in [3.05, 3.63) is 35.9 Å². The highest BCUT2D eigenvalue weighted by molar-refractivity contribution is 5.82. The van der Waals surface area contributed by atoms with Gasteiger partial charge in [-0.25, -0.2) is 0 Å². The van der Waals surface area contributed by atoms with Crippen LogP contribution in [0.1, 0.15) is 62.8 Å². The summed E-state index contributed by atoms with van der Waals surface area (Å²) in [4.78, 5) is 12.7. The molecule has 0 spiro atoms. The van der Waals surface area contributed by atoms with Gasteiger partial charge in [-0.1, -0.05) is 49.6 Å². The Morgan fingerprint density at radius 2 is 1.83 bits per heavy atom. The Morgan fingerprint density at radius 3 is 2.65 bits per heavy atom. The van der Waals surface area contributed by atoms with E-state index in [0.29, 0.717) is 18.0 Å². The average Bonchev–Trinajstić information content (AvgIpc) is 3.22. The molecular weight excluding hydrogens is 284 g/mol. The van der Waals surface area contributed by atoms with Crippen molar-refractivity contribution in [2.45, 2.75) is 75.4 Å². The first-order chi connectivity index (χ1) is 11.3. The fourth-order valence-electron chi connectivity index (χ4n) is 5.04. The molecule has 0 bridgehead atoms. The third kappa shape index (κ3) is 3.16. The molecule has 3 fully saturated rings. The van der Waals surface area contributed by atoms with E-state index in [4.69, 9.17) is 0 Å². The van der Waals surface area contributed by atoms with Gasteiger partial charge < -0.3 is 10.6 Å². The maximum atomic E-state index is 12.7. The molecule has 2 N–H and O–H groups in total. The van der Waals surface area contributed by atoms with E-state index in [2.05, 4.69) is 41.0 Å². The molecule has 1 aliphatic heterocycles. The topological polar surface area (TPSA) is 41.1 Å². The van der Waals surface area contributed by atoms with Gasteiger partial charge in [-0.05, 0) is 43.6 Å². The SMILES string of the molecule is O=C(NC1CCCC1c1ccccc1)C1CC2CCCCC2N1. The average molecular weight is 312 g/mol. The fourth-order valence-corrected chi connectivity index (χ4v) is 5.04. The van der Waals surface area contributed by atoms with E-state index in [1.54, 1.807) is 0 Å². The summed E-state index contributed by atoms with van der Waals surface area (Å²) in [7, 11) is 0. The van der Waals surface area contributed by atoms with Gasteiger partial charge in [0, 0.05) is 18.0 Å². The van der Waals surface area contributed by atoms with Crippen LogP contribution in [-0.4, -0.2) is 24.0 Å². The molecule has 3 nitrogen and oxygen atoms in total. The molecule has 3 aliphatic rings. The van der Waals surface area contributed by atoms with Crippen LogP contribution in [-0.2, 0) is 4.79 Å². The van der Waals surface area contributed by atoms with Crippen molar-refractivity contribution >= 4 is 5.91 Å². The van der Waals surface area contributed by atoms with Crippen LogP contribution in [0, 0.1) is 5.92 Å². The van der Waals surface area contributed by atoms with Crippen LogP contribution in [0.5, 0.6) is 0 Å². The van der Waals surface area contributed by atoms with E-state index in [1.165, 1.54) is 44.1 Å². The predicted molar refractivity (Wildman–Crippen MR) is 92.3 cm³/mol. The van der Waals surface area contributed by atoms with Gasteiger partial charge in [0.15, 0.2) is 0 Å². The minimum atomic E-state index is 0.0418. The van der Waals surface area contributed by atoms with E-state index in [-0.39, 0.29) is 11.9 Å². The summed E-state index contributed by atoms with van der Waals surface area (Å²) in [5.41, 5.74) is 1.38. The van der Waals surface area contributed by atoms with Crippen LogP contribution in [0.3, 0.4) is 0 Å². The predicted octanol–water partition coefficient (Wildman–Crippen LogP) is 3.36. The monoisotopic (exact) mass is 312 g/mol. The lowest BCUT2D eigenvalue weighted by Crippen LogP contribution is -2.47. The van der Waals surface area contributed by atoms with E-state index < -0.39 is 0 Å². The van der Waals surface area contributed by atoms with Crippen molar-refractivity contribution in [2.24, 2.45) is 5.92 Å². The van der Waals surface area contributed by atoms with Gasteiger partial charge in [0.05, 0.1) is 6.04 Å². The second kappa shape index (κ2) is 6.64. The summed E-state index contributed by atoms with van der Waals surface area (Å²) in [6, 6.07) is 11.6. The lowest BCUT2D eigenvalue weighted by molar-refractivity contribution is -0.123. The number of carbonyl (C=O) groups is 1. The molecule has 124 valence electrons. The first-order valence-corrected chi connectivity index (χ1v) is 9.42. The standard InChI is InChI=1S/C20H28N2O/c23-20(19-13-15-9-4-5-11-17(15)21-19)22-18-12-6-10-16(18)14-7-2-1-3-8-14/h1-3,7-8,15-19,21H,4-6,9-13H2,(H,22,23). The van der Waals surface area contributed by atoms with Gasteiger partial charge in [-0.15, -0.1) is 0 Å². The molecule has 2 aliphatic carbocycles. The Morgan fingerprint density at radius 1 is 1.00 bits per heavy atom. The molecule has 4 rings (SSSR count). The second-order valence-electron chi connectivity index (χ2n) is 7.67. The third-order valence-electron chi connectivity index (χ3n) is 6.25. The summed E-state index contributed by atoms with van der Waals surface area (Å²) < 4.78 is 0. The summed E-state index contributed by atoms with van der Waals surface area (Å²) in [6.45, 7) is 0. The van der Waals surface area contributed by atoms with Gasteiger partial charge >= 0.3 is 0 Å². The van der Waals surface area contributed by atoms with Gasteiger partial charge in [0.1, 0.15) is 0 Å². The molecule has 0 aromatic heterocycles. The number of amides is 1. The van der Waals surface area contributed by atoms with E-state index in [0.717, 1.165) is 18.8 Å². The van der Waals surface area contributed by atoms with Crippen molar-refractivity contribution in [3.63, 3.8) is 0 Å². The largest absolute Gasteiger partial charge is 0.351 e. The van der Waals surface area contributed by atoms with Crippen molar-refractivity contribution < 1.29 is 4.79 Å². The number of hydrogen-bond acceptors (Lipinski definition) is 2. The first-order valence-electron chi connectivity index (χ1n) is 9.42. The Balaban J connectivity index is 1.38. The molecular formula is C20H28N2O. The van der Waals surface area contributed by atoms with Gasteiger partial charge in [0.2, 0.25) is 5.91 Å². The first kappa shape index (κ1) is 15.2. The van der Waals surface area contributed by atoms with Crippen LogP contribution in [0.15, 0.2) is 30.3 Å². The van der Waals surface area contributed by atoms with Crippen molar-refractivity contribution in [2.75, 3.05) is 0 Å². The van der Waals surface area contributed by atoms with E-state index in [9.17, 15) is 4.79 Å². The summed E-state index contributed by atoms with van der Waals surface area (Å²) in [5, 5.41) is 6.99. The zero-order chi connectivity index (χ0) is 15.6. The minimum Gasteiger partial charge on any atom is -0.351 e. The highest BCUT2D eigenvalue weighted by Crippen LogP contribution is 2.36. The number of nitrogens with one attached hydrogen (secondary N) is 2. The smallest absolute Gasteiger partial charge is 0.237 e. The molecule has 1 amide bonds. The van der Waals surface area contributed by atoms with E-state index >= 15 is 0 Å². The highest BCUT2D eigenvalue weighted by Gasteiger charge is 2.39. The number of rotatable bonds is 3. The van der Waals surface area contributed by atoms with Crippen LogP contribution in [0.25, 0.3) is 0 Å². The minimum absolute atomic E-state index is 0.0418. The maximum absolute atomic E-state index is 12.7. The van der Waals surface area contributed by atoms with Crippen LogP contribution in [0.2, 0.25) is 0 Å². The Hall–Kier alpha value is -1.35. The molecule has 2 saturated carbocycles. The van der Waals surface area contributed by atoms with E-state index in [1.807, 2.05) is 0 Å². The quantitative estimate of drug-likeness (QED) is 0.898. The lowest BCUT2D eigenvalue weighted by atomic mass is 9.85. The molecule has 1 aromatic rings. The molecule has 3 heteroatoms. The Labute approximate surface area is 139 Å². The molecule has 23 heavy (non-hydrogen) atoms. The van der Waals surface area contributed by atoms with Crippen molar-refractivity contribution in [3.8, 4) is 0 Å². The zero-order valence-electron chi connectivity index (χ0n) is 13.8. The molecule has 1 saturated heterocycles.